The van der Waals surface area contributed by atoms with Gasteiger partial charge in [0.25, 0.3) is 5.69 Å². The van der Waals surface area contributed by atoms with E-state index >= 15 is 0 Å². The first kappa shape index (κ1) is 19.9. The van der Waals surface area contributed by atoms with Crippen molar-refractivity contribution in [3.05, 3.63) is 70.4 Å². The van der Waals surface area contributed by atoms with Crippen molar-refractivity contribution < 1.29 is 14.5 Å². The van der Waals surface area contributed by atoms with Gasteiger partial charge in [0.15, 0.2) is 0 Å². The number of aromatic nitrogens is 1. The second kappa shape index (κ2) is 8.57. The molecule has 3 aromatic rings. The number of hydrogen-bond donors (Lipinski definition) is 0. The van der Waals surface area contributed by atoms with Crippen LogP contribution in [0.2, 0.25) is 0 Å². The first-order valence-corrected chi connectivity index (χ1v) is 10.2. The van der Waals surface area contributed by atoms with Crippen LogP contribution in [0.4, 0.5) is 5.69 Å². The number of benzene rings is 2. The average molecular weight is 407 g/mol. The van der Waals surface area contributed by atoms with E-state index in [9.17, 15) is 14.9 Å². The Labute approximate surface area is 175 Å². The van der Waals surface area contributed by atoms with Crippen LogP contribution in [0.15, 0.2) is 54.7 Å². The molecule has 0 spiro atoms. The van der Waals surface area contributed by atoms with Crippen LogP contribution in [0.1, 0.15) is 37.3 Å². The van der Waals surface area contributed by atoms with E-state index < -0.39 is 4.92 Å². The topological polar surface area (TPSA) is 77.6 Å². The fraction of sp³-hybridized carbons (Fsp3) is 0.348. The smallest absolute Gasteiger partial charge is 0.270 e. The molecule has 0 radical (unpaired) electrons. The molecule has 0 unspecified atom stereocenters. The monoisotopic (exact) mass is 407 g/mol. The Hall–Kier alpha value is -3.35. The van der Waals surface area contributed by atoms with Crippen LogP contribution in [0, 0.1) is 10.1 Å². The van der Waals surface area contributed by atoms with Gasteiger partial charge >= 0.3 is 0 Å². The van der Waals surface area contributed by atoms with Crippen LogP contribution >= 0.6 is 0 Å². The summed E-state index contributed by atoms with van der Waals surface area (Å²) in [6, 6.07) is 14.6. The number of carbonyl (C=O) groups excluding carboxylic acids is 1. The molecule has 1 aliphatic heterocycles. The van der Waals surface area contributed by atoms with E-state index in [1.54, 1.807) is 19.2 Å². The highest BCUT2D eigenvalue weighted by molar-refractivity contribution is 5.85. The van der Waals surface area contributed by atoms with E-state index in [2.05, 4.69) is 0 Å². The molecule has 2 aromatic carbocycles. The number of carbonyl (C=O) groups is 1. The Balaban J connectivity index is 1.58. The van der Waals surface area contributed by atoms with Gasteiger partial charge in [0.1, 0.15) is 12.3 Å². The van der Waals surface area contributed by atoms with Crippen molar-refractivity contribution in [2.24, 2.45) is 0 Å². The number of hydrogen-bond acceptors (Lipinski definition) is 4. The molecule has 1 aromatic heterocycles. The van der Waals surface area contributed by atoms with Gasteiger partial charge in [-0.25, -0.2) is 0 Å². The van der Waals surface area contributed by atoms with Gasteiger partial charge in [-0.05, 0) is 42.7 Å². The predicted molar refractivity (Wildman–Crippen MR) is 115 cm³/mol. The summed E-state index contributed by atoms with van der Waals surface area (Å²) in [6.45, 7) is 0.953. The number of non-ortho nitro benzene ring substituents is 1. The third-order valence-electron chi connectivity index (χ3n) is 5.84. The standard InChI is InChI=1S/C23H25N3O4/c1-30-20-9-6-17(7-10-20)22-5-3-2-4-13-25(22)23(27)16-24-14-12-18-15-19(26(28)29)8-11-21(18)24/h6-12,14-15,22H,2-5,13,16H2,1H3/t22-/m1/s1. The molecule has 0 aliphatic carbocycles. The maximum atomic E-state index is 13.3. The molecule has 4 rings (SSSR count). The maximum Gasteiger partial charge on any atom is 0.270 e. The van der Waals surface area contributed by atoms with Gasteiger partial charge < -0.3 is 14.2 Å². The highest BCUT2D eigenvalue weighted by Crippen LogP contribution is 2.32. The van der Waals surface area contributed by atoms with Gasteiger partial charge in [-0.3, -0.25) is 14.9 Å². The summed E-state index contributed by atoms with van der Waals surface area (Å²) in [5, 5.41) is 11.8. The van der Waals surface area contributed by atoms with Gasteiger partial charge in [0.2, 0.25) is 5.91 Å². The highest BCUT2D eigenvalue weighted by Gasteiger charge is 2.27. The zero-order valence-corrected chi connectivity index (χ0v) is 17.0. The van der Waals surface area contributed by atoms with Crippen molar-refractivity contribution in [3.8, 4) is 5.75 Å². The van der Waals surface area contributed by atoms with Gasteiger partial charge in [-0.2, -0.15) is 0 Å². The first-order valence-electron chi connectivity index (χ1n) is 10.2. The maximum absolute atomic E-state index is 13.3. The Bertz CT molecular complexity index is 1060. The molecule has 30 heavy (non-hydrogen) atoms. The van der Waals surface area contributed by atoms with Crippen LogP contribution < -0.4 is 4.74 Å². The summed E-state index contributed by atoms with van der Waals surface area (Å²) in [5.74, 6) is 0.867. The number of rotatable bonds is 5. The van der Waals surface area contributed by atoms with Crippen molar-refractivity contribution in [1.82, 2.24) is 9.47 Å². The number of amides is 1. The summed E-state index contributed by atoms with van der Waals surface area (Å²) >= 11 is 0. The lowest BCUT2D eigenvalue weighted by molar-refractivity contribution is -0.384. The molecular weight excluding hydrogens is 382 g/mol. The number of nitrogens with zero attached hydrogens (tertiary/aromatic N) is 3. The second-order valence-electron chi connectivity index (χ2n) is 7.67. The van der Waals surface area contributed by atoms with E-state index in [1.807, 2.05) is 46.0 Å². The summed E-state index contributed by atoms with van der Waals surface area (Å²) in [6.07, 6.45) is 5.98. The van der Waals surface area contributed by atoms with Crippen molar-refractivity contribution >= 4 is 22.5 Å². The van der Waals surface area contributed by atoms with Gasteiger partial charge in [0.05, 0.1) is 18.1 Å². The fourth-order valence-corrected chi connectivity index (χ4v) is 4.25. The summed E-state index contributed by atoms with van der Waals surface area (Å²) in [7, 11) is 1.65. The predicted octanol–water partition coefficient (Wildman–Crippen LogP) is 4.70. The largest absolute Gasteiger partial charge is 0.497 e. The molecule has 1 amide bonds. The SMILES string of the molecule is COc1ccc([C@H]2CCCCCN2C(=O)Cn2ccc3cc([N+](=O)[O-])ccc32)cc1. The van der Waals surface area contributed by atoms with E-state index in [4.69, 9.17) is 4.74 Å². The molecule has 1 aliphatic rings. The Kier molecular flexibility index (Phi) is 5.70. The van der Waals surface area contributed by atoms with Crippen LogP contribution in [0.3, 0.4) is 0 Å². The zero-order valence-electron chi connectivity index (χ0n) is 17.0. The number of nitro groups is 1. The average Bonchev–Trinajstić information content (AvgIpc) is 2.99. The molecular formula is C23H25N3O4. The number of ether oxygens (including phenoxy) is 1. The Morgan fingerprint density at radius 2 is 1.93 bits per heavy atom. The molecule has 7 nitrogen and oxygen atoms in total. The van der Waals surface area contributed by atoms with Gasteiger partial charge in [0, 0.05) is 35.8 Å². The third kappa shape index (κ3) is 4.01. The Morgan fingerprint density at radius 1 is 1.13 bits per heavy atom. The summed E-state index contributed by atoms with van der Waals surface area (Å²) in [4.78, 5) is 25.9. The number of nitro benzene ring substituents is 1. The summed E-state index contributed by atoms with van der Waals surface area (Å²) < 4.78 is 7.14. The third-order valence-corrected chi connectivity index (χ3v) is 5.84. The van der Waals surface area contributed by atoms with Gasteiger partial charge in [-0.15, -0.1) is 0 Å². The molecule has 1 atom stereocenters. The Morgan fingerprint density at radius 3 is 2.67 bits per heavy atom. The van der Waals surface area contributed by atoms with Crippen LogP contribution in [0.5, 0.6) is 5.75 Å². The van der Waals surface area contributed by atoms with Gasteiger partial charge in [-0.1, -0.05) is 25.0 Å². The molecule has 1 fully saturated rings. The van der Waals surface area contributed by atoms with Crippen molar-refractivity contribution in [2.45, 2.75) is 38.3 Å². The molecule has 1 saturated heterocycles. The van der Waals surface area contributed by atoms with Crippen LogP contribution in [0.25, 0.3) is 10.9 Å². The lowest BCUT2D eigenvalue weighted by Crippen LogP contribution is -2.37. The quantitative estimate of drug-likeness (QED) is 0.454. The molecule has 2 heterocycles. The number of methoxy groups -OCH3 is 1. The minimum absolute atomic E-state index is 0.0498. The van der Waals surface area contributed by atoms with Crippen molar-refractivity contribution in [3.63, 3.8) is 0 Å². The van der Waals surface area contributed by atoms with Crippen molar-refractivity contribution in [2.75, 3.05) is 13.7 Å². The molecule has 0 N–H and O–H groups in total. The van der Waals surface area contributed by atoms with E-state index in [1.165, 1.54) is 6.07 Å². The van der Waals surface area contributed by atoms with E-state index in [-0.39, 0.29) is 24.2 Å². The van der Waals surface area contributed by atoms with Crippen molar-refractivity contribution in [1.29, 1.82) is 0 Å². The minimum atomic E-state index is -0.404. The first-order chi connectivity index (χ1) is 14.6. The molecule has 156 valence electrons. The lowest BCUT2D eigenvalue weighted by Gasteiger charge is -2.31. The second-order valence-corrected chi connectivity index (χ2v) is 7.67. The molecule has 7 heteroatoms. The summed E-state index contributed by atoms with van der Waals surface area (Å²) in [5.41, 5.74) is 2.00. The van der Waals surface area contributed by atoms with Crippen LogP contribution in [-0.4, -0.2) is 34.0 Å². The highest BCUT2D eigenvalue weighted by atomic mass is 16.6. The molecule has 0 saturated carbocycles. The zero-order chi connectivity index (χ0) is 21.1. The number of fused-ring (bicyclic) bond motifs is 1. The fourth-order valence-electron chi connectivity index (χ4n) is 4.25. The minimum Gasteiger partial charge on any atom is -0.497 e. The van der Waals surface area contributed by atoms with E-state index in [0.29, 0.717) is 0 Å². The molecule has 0 bridgehead atoms. The van der Waals surface area contributed by atoms with E-state index in [0.717, 1.165) is 54.4 Å². The normalized spacial score (nSPS) is 17.0. The van der Waals surface area contributed by atoms with Crippen LogP contribution in [-0.2, 0) is 11.3 Å². The lowest BCUT2D eigenvalue weighted by atomic mass is 10.0. The number of likely N-dealkylation sites (tertiary alicyclic amines) is 1.